The fourth-order valence-corrected chi connectivity index (χ4v) is 8.66. The SMILES string of the molecule is c1ccc(-c2cccc(-c3nc(-c4cc(-n5c6ccccc6c6cc7ccccc7cc65)c5oc6ccccc6c5c4)nc(-c4cccc5ccccc45)n3)c2)cc1. The van der Waals surface area contributed by atoms with E-state index in [1.807, 2.05) is 18.2 Å². The largest absolute Gasteiger partial charge is 0.454 e. The summed E-state index contributed by atoms with van der Waals surface area (Å²) in [4.78, 5) is 15.9. The van der Waals surface area contributed by atoms with Gasteiger partial charge in [0, 0.05) is 38.2 Å². The molecule has 0 saturated carbocycles. The van der Waals surface area contributed by atoms with E-state index in [1.54, 1.807) is 0 Å². The molecule has 5 heteroatoms. The van der Waals surface area contributed by atoms with Crippen molar-refractivity contribution in [3.63, 3.8) is 0 Å². The van der Waals surface area contributed by atoms with Crippen molar-refractivity contribution in [2.45, 2.75) is 0 Å². The first-order valence-corrected chi connectivity index (χ1v) is 19.5. The highest BCUT2D eigenvalue weighted by Crippen LogP contribution is 2.42. The number of nitrogens with zero attached hydrogens (tertiary/aromatic N) is 4. The minimum Gasteiger partial charge on any atom is -0.454 e. The lowest BCUT2D eigenvalue weighted by Gasteiger charge is -2.13. The maximum Gasteiger partial charge on any atom is 0.164 e. The summed E-state index contributed by atoms with van der Waals surface area (Å²) in [7, 11) is 0. The standard InChI is InChI=1S/C53H32N4O/c1-2-14-33(15-3-1)35-20-12-21-38(28-35)51-54-52(56-53(55-51)43-25-13-19-34-16-6-7-22-40(34)43)39-30-45-42-24-9-11-27-49(42)58-50(45)48(32-39)57-46-26-10-8-23-41(46)44-29-36-17-4-5-18-37(36)31-47(44)57/h1-32H. The quantitative estimate of drug-likeness (QED) is 0.176. The van der Waals surface area contributed by atoms with Crippen molar-refractivity contribution < 1.29 is 4.42 Å². The summed E-state index contributed by atoms with van der Waals surface area (Å²) in [5.41, 5.74) is 9.71. The van der Waals surface area contributed by atoms with E-state index in [4.69, 9.17) is 19.4 Å². The Morgan fingerprint density at radius 3 is 1.83 bits per heavy atom. The highest BCUT2D eigenvalue weighted by molar-refractivity contribution is 6.16. The van der Waals surface area contributed by atoms with E-state index >= 15 is 0 Å². The van der Waals surface area contributed by atoms with Gasteiger partial charge in [0.1, 0.15) is 5.58 Å². The van der Waals surface area contributed by atoms with Crippen LogP contribution in [0.2, 0.25) is 0 Å². The Bertz CT molecular complexity index is 3580. The number of hydrogen-bond donors (Lipinski definition) is 0. The summed E-state index contributed by atoms with van der Waals surface area (Å²) in [6, 6.07) is 68.0. The van der Waals surface area contributed by atoms with E-state index in [0.29, 0.717) is 17.5 Å². The van der Waals surface area contributed by atoms with Crippen LogP contribution in [-0.4, -0.2) is 19.5 Å². The van der Waals surface area contributed by atoms with E-state index in [9.17, 15) is 0 Å². The zero-order chi connectivity index (χ0) is 38.2. The lowest BCUT2D eigenvalue weighted by atomic mass is 10.0. The first kappa shape index (κ1) is 32.4. The molecule has 9 aromatic carbocycles. The van der Waals surface area contributed by atoms with Crippen molar-refractivity contribution >= 4 is 65.3 Å². The highest BCUT2D eigenvalue weighted by atomic mass is 16.3. The topological polar surface area (TPSA) is 56.7 Å². The normalized spacial score (nSPS) is 11.8. The summed E-state index contributed by atoms with van der Waals surface area (Å²) >= 11 is 0. The Hall–Kier alpha value is -7.89. The number of benzene rings is 9. The van der Waals surface area contributed by atoms with Crippen LogP contribution >= 0.6 is 0 Å². The fraction of sp³-hybridized carbons (Fsp3) is 0. The minimum atomic E-state index is 0.581. The van der Waals surface area contributed by atoms with Crippen LogP contribution in [0.3, 0.4) is 0 Å². The van der Waals surface area contributed by atoms with Crippen LogP contribution in [-0.2, 0) is 0 Å². The maximum absolute atomic E-state index is 6.80. The van der Waals surface area contributed by atoms with Gasteiger partial charge in [-0.05, 0) is 75.1 Å². The van der Waals surface area contributed by atoms with Gasteiger partial charge in [0.25, 0.3) is 0 Å². The molecule has 0 aliphatic heterocycles. The van der Waals surface area contributed by atoms with Crippen LogP contribution in [0.15, 0.2) is 199 Å². The molecule has 270 valence electrons. The van der Waals surface area contributed by atoms with Gasteiger partial charge in [-0.25, -0.2) is 15.0 Å². The predicted octanol–water partition coefficient (Wildman–Crippen LogP) is 13.8. The molecular formula is C53H32N4O. The molecule has 0 aliphatic carbocycles. The maximum atomic E-state index is 6.80. The second kappa shape index (κ2) is 12.8. The molecule has 0 N–H and O–H groups in total. The molecule has 3 heterocycles. The molecule has 0 atom stereocenters. The molecule has 58 heavy (non-hydrogen) atoms. The Kier molecular flexibility index (Phi) is 7.16. The highest BCUT2D eigenvalue weighted by Gasteiger charge is 2.22. The van der Waals surface area contributed by atoms with Crippen molar-refractivity contribution in [2.24, 2.45) is 0 Å². The molecule has 0 fully saturated rings. The van der Waals surface area contributed by atoms with Crippen molar-refractivity contribution in [1.29, 1.82) is 0 Å². The van der Waals surface area contributed by atoms with Gasteiger partial charge in [0.05, 0.1) is 16.7 Å². The van der Waals surface area contributed by atoms with E-state index < -0.39 is 0 Å². The average Bonchev–Trinajstić information content (AvgIpc) is 3.83. The molecule has 0 spiro atoms. The van der Waals surface area contributed by atoms with Gasteiger partial charge in [-0.2, -0.15) is 0 Å². The summed E-state index contributed by atoms with van der Waals surface area (Å²) in [6.45, 7) is 0. The molecule has 0 radical (unpaired) electrons. The second-order valence-electron chi connectivity index (χ2n) is 14.8. The third kappa shape index (κ3) is 5.14. The minimum absolute atomic E-state index is 0.581. The van der Waals surface area contributed by atoms with Gasteiger partial charge in [-0.3, -0.25) is 0 Å². The van der Waals surface area contributed by atoms with Crippen LogP contribution in [0.4, 0.5) is 0 Å². The Balaban J connectivity index is 1.17. The van der Waals surface area contributed by atoms with E-state index in [0.717, 1.165) is 77.2 Å². The smallest absolute Gasteiger partial charge is 0.164 e. The molecule has 0 unspecified atom stereocenters. The molecule has 0 aliphatic rings. The van der Waals surface area contributed by atoms with Gasteiger partial charge < -0.3 is 8.98 Å². The third-order valence-electron chi connectivity index (χ3n) is 11.4. The molecule has 0 saturated heterocycles. The summed E-state index contributed by atoms with van der Waals surface area (Å²) in [6.07, 6.45) is 0. The van der Waals surface area contributed by atoms with Crippen LogP contribution in [0.5, 0.6) is 0 Å². The van der Waals surface area contributed by atoms with E-state index in [-0.39, 0.29) is 0 Å². The molecule has 5 nitrogen and oxygen atoms in total. The van der Waals surface area contributed by atoms with Crippen LogP contribution < -0.4 is 0 Å². The lowest BCUT2D eigenvalue weighted by molar-refractivity contribution is 0.666. The first-order chi connectivity index (χ1) is 28.7. The number of aromatic nitrogens is 4. The molecule has 12 rings (SSSR count). The molecule has 12 aromatic rings. The average molecular weight is 741 g/mol. The van der Waals surface area contributed by atoms with Gasteiger partial charge in [0.2, 0.25) is 0 Å². The van der Waals surface area contributed by atoms with Gasteiger partial charge in [-0.15, -0.1) is 0 Å². The van der Waals surface area contributed by atoms with Crippen molar-refractivity contribution in [3.8, 4) is 51.0 Å². The zero-order valence-corrected chi connectivity index (χ0v) is 31.2. The monoisotopic (exact) mass is 740 g/mol. The van der Waals surface area contributed by atoms with Gasteiger partial charge in [0.15, 0.2) is 23.1 Å². The Morgan fingerprint density at radius 2 is 0.966 bits per heavy atom. The van der Waals surface area contributed by atoms with Crippen LogP contribution in [0.1, 0.15) is 0 Å². The lowest BCUT2D eigenvalue weighted by Crippen LogP contribution is -2.02. The molecule has 0 bridgehead atoms. The second-order valence-corrected chi connectivity index (χ2v) is 14.8. The number of furan rings is 1. The number of para-hydroxylation sites is 2. The summed E-state index contributed by atoms with van der Waals surface area (Å²) in [5.74, 6) is 1.80. The zero-order valence-electron chi connectivity index (χ0n) is 31.2. The van der Waals surface area contributed by atoms with E-state index in [1.165, 1.54) is 21.5 Å². The Morgan fingerprint density at radius 1 is 0.345 bits per heavy atom. The van der Waals surface area contributed by atoms with Crippen LogP contribution in [0.25, 0.3) is 116 Å². The van der Waals surface area contributed by atoms with Crippen molar-refractivity contribution in [3.05, 3.63) is 194 Å². The summed E-state index contributed by atoms with van der Waals surface area (Å²) < 4.78 is 9.15. The molecule has 3 aromatic heterocycles. The van der Waals surface area contributed by atoms with Crippen LogP contribution in [0, 0.1) is 0 Å². The van der Waals surface area contributed by atoms with Crippen molar-refractivity contribution in [2.75, 3.05) is 0 Å². The number of hydrogen-bond acceptors (Lipinski definition) is 4. The van der Waals surface area contributed by atoms with E-state index in [2.05, 4.69) is 180 Å². The van der Waals surface area contributed by atoms with Crippen molar-refractivity contribution in [1.82, 2.24) is 19.5 Å². The molecule has 0 amide bonds. The Labute approximate surface area is 333 Å². The van der Waals surface area contributed by atoms with Gasteiger partial charge in [-0.1, -0.05) is 152 Å². The number of rotatable bonds is 5. The fourth-order valence-electron chi connectivity index (χ4n) is 8.66. The number of fused-ring (bicyclic) bond motifs is 8. The first-order valence-electron chi connectivity index (χ1n) is 19.5. The summed E-state index contributed by atoms with van der Waals surface area (Å²) in [5, 5.41) is 8.98. The molecular weight excluding hydrogens is 709 g/mol. The third-order valence-corrected chi connectivity index (χ3v) is 11.4. The predicted molar refractivity (Wildman–Crippen MR) is 238 cm³/mol. The van der Waals surface area contributed by atoms with Gasteiger partial charge >= 0.3 is 0 Å².